The van der Waals surface area contributed by atoms with E-state index in [9.17, 15) is 4.79 Å². The number of hydrogen-bond acceptors (Lipinski definition) is 4. The van der Waals surface area contributed by atoms with Gasteiger partial charge in [0.25, 0.3) is 0 Å². The largest absolute Gasteiger partial charge is 0.465 e. The van der Waals surface area contributed by atoms with Crippen LogP contribution in [0.4, 0.5) is 0 Å². The van der Waals surface area contributed by atoms with E-state index in [0.717, 1.165) is 69.5 Å². The molecule has 2 aliphatic heterocycles. The van der Waals surface area contributed by atoms with E-state index in [1.54, 1.807) is 0 Å². The second-order valence-corrected chi connectivity index (χ2v) is 10.3. The number of carbonyl (C=O) groups excluding carboxylic acids is 1. The molecule has 1 unspecified atom stereocenters. The number of ether oxygens (including phenoxy) is 1. The average Bonchev–Trinajstić information content (AvgIpc) is 3.57. The lowest BCUT2D eigenvalue weighted by Gasteiger charge is -2.05. The summed E-state index contributed by atoms with van der Waals surface area (Å²) in [6.45, 7) is 14.9. The Balaban J connectivity index is 2.00. The molecule has 0 aromatic carbocycles. The Labute approximate surface area is 218 Å². The first-order valence-corrected chi connectivity index (χ1v) is 13.2. The molecule has 0 aliphatic carbocycles. The molecule has 37 heavy (non-hydrogen) atoms. The van der Waals surface area contributed by atoms with Gasteiger partial charge in [0.05, 0.1) is 24.1 Å². The number of allylic oxidation sites excluding steroid dienone is 1. The molecule has 6 nitrogen and oxygen atoms in total. The van der Waals surface area contributed by atoms with Crippen molar-refractivity contribution in [3.63, 3.8) is 0 Å². The minimum atomic E-state index is -0.368. The van der Waals surface area contributed by atoms with E-state index < -0.39 is 0 Å². The number of aromatic amines is 2. The van der Waals surface area contributed by atoms with Gasteiger partial charge in [-0.3, -0.25) is 4.98 Å². The summed E-state index contributed by atoms with van der Waals surface area (Å²) in [5.74, 6) is -0.0996. The fourth-order valence-electron chi connectivity index (χ4n) is 5.82. The number of fused-ring (bicyclic) bond motifs is 8. The Kier molecular flexibility index (Phi) is 6.30. The summed E-state index contributed by atoms with van der Waals surface area (Å²) in [5, 5.41) is 0. The van der Waals surface area contributed by atoms with Crippen LogP contribution < -0.4 is 0 Å². The van der Waals surface area contributed by atoms with Crippen molar-refractivity contribution in [2.45, 2.75) is 73.6 Å². The number of nitrogens with one attached hydrogen (secondary N) is 2. The monoisotopic (exact) mass is 496 g/mol. The average molecular weight is 497 g/mol. The zero-order valence-corrected chi connectivity index (χ0v) is 23.1. The van der Waals surface area contributed by atoms with Crippen molar-refractivity contribution < 1.29 is 9.53 Å². The van der Waals surface area contributed by atoms with Crippen LogP contribution in [-0.4, -0.2) is 33.0 Å². The van der Waals surface area contributed by atoms with Crippen molar-refractivity contribution in [3.05, 3.63) is 68.8 Å². The molecular formula is C31H36N4O2. The highest BCUT2D eigenvalue weighted by Gasteiger charge is 2.28. The number of methoxy groups -OCH3 is 1. The predicted octanol–water partition coefficient (Wildman–Crippen LogP) is 6.81. The molecule has 3 aromatic heterocycles. The minimum absolute atomic E-state index is 0.268. The van der Waals surface area contributed by atoms with E-state index in [2.05, 4.69) is 62.8 Å². The number of H-pyrrole nitrogens is 2. The number of nitrogens with zero attached hydrogens (tertiary/aromatic N) is 2. The molecule has 3 aromatic rings. The van der Waals surface area contributed by atoms with Gasteiger partial charge in [0, 0.05) is 39.4 Å². The molecule has 0 fully saturated rings. The zero-order valence-electron chi connectivity index (χ0n) is 23.1. The van der Waals surface area contributed by atoms with Crippen LogP contribution in [0.1, 0.15) is 84.2 Å². The SMILES string of the molecule is CCc1c(C)c2cc3[nH]c(cc4nc(c(C)c5nc(cc1[nH]2)C(C)=C5C(=O)OC)CC4C)c(C)c3CC. The van der Waals surface area contributed by atoms with Crippen LogP contribution in [0.25, 0.3) is 33.2 Å². The van der Waals surface area contributed by atoms with Crippen LogP contribution in [0.2, 0.25) is 0 Å². The molecule has 5 heterocycles. The molecule has 192 valence electrons. The smallest absolute Gasteiger partial charge is 0.340 e. The van der Waals surface area contributed by atoms with Gasteiger partial charge in [-0.2, -0.15) is 0 Å². The van der Waals surface area contributed by atoms with Crippen molar-refractivity contribution in [1.82, 2.24) is 19.9 Å². The van der Waals surface area contributed by atoms with Gasteiger partial charge in [0.2, 0.25) is 0 Å². The third-order valence-electron chi connectivity index (χ3n) is 8.15. The Morgan fingerprint density at radius 1 is 0.892 bits per heavy atom. The third-order valence-corrected chi connectivity index (χ3v) is 8.15. The topological polar surface area (TPSA) is 83.7 Å². The molecule has 0 radical (unpaired) electrons. The molecular weight excluding hydrogens is 460 g/mol. The van der Waals surface area contributed by atoms with Gasteiger partial charge in [0.15, 0.2) is 0 Å². The molecule has 2 aliphatic rings. The van der Waals surface area contributed by atoms with Crippen molar-refractivity contribution >= 4 is 39.2 Å². The number of esters is 1. The van der Waals surface area contributed by atoms with Crippen molar-refractivity contribution in [2.24, 2.45) is 0 Å². The van der Waals surface area contributed by atoms with Crippen LogP contribution in [0.5, 0.6) is 0 Å². The summed E-state index contributed by atoms with van der Waals surface area (Å²) in [6.07, 6.45) is 2.64. The Morgan fingerprint density at radius 2 is 1.49 bits per heavy atom. The summed E-state index contributed by atoms with van der Waals surface area (Å²) in [6, 6.07) is 6.49. The van der Waals surface area contributed by atoms with Crippen LogP contribution >= 0.6 is 0 Å². The minimum Gasteiger partial charge on any atom is -0.465 e. The first-order valence-electron chi connectivity index (χ1n) is 13.2. The molecule has 8 bridgehead atoms. The number of rotatable bonds is 3. The Morgan fingerprint density at radius 3 is 2.08 bits per heavy atom. The van der Waals surface area contributed by atoms with E-state index >= 15 is 0 Å². The summed E-state index contributed by atoms with van der Waals surface area (Å²) in [5.41, 5.74) is 15.1. The molecule has 1 atom stereocenters. The van der Waals surface area contributed by atoms with Gasteiger partial charge in [0.1, 0.15) is 0 Å². The third kappa shape index (κ3) is 3.99. The number of carbonyl (C=O) groups is 1. The fourth-order valence-corrected chi connectivity index (χ4v) is 5.82. The predicted molar refractivity (Wildman–Crippen MR) is 151 cm³/mol. The van der Waals surface area contributed by atoms with E-state index in [1.165, 1.54) is 29.4 Å². The van der Waals surface area contributed by atoms with Crippen molar-refractivity contribution in [1.29, 1.82) is 0 Å². The molecule has 2 N–H and O–H groups in total. The second-order valence-electron chi connectivity index (χ2n) is 10.3. The van der Waals surface area contributed by atoms with E-state index in [4.69, 9.17) is 14.7 Å². The van der Waals surface area contributed by atoms with Gasteiger partial charge in [-0.1, -0.05) is 20.8 Å². The summed E-state index contributed by atoms with van der Waals surface area (Å²) >= 11 is 0. The van der Waals surface area contributed by atoms with E-state index in [0.29, 0.717) is 11.3 Å². The Hall–Kier alpha value is -3.67. The highest BCUT2D eigenvalue weighted by atomic mass is 16.5. The standard InChI is InChI=1S/C31H36N4O2/c1-9-20-16(4)24-12-22-15(3)11-23(32-22)19(7)30-29(31(36)37-8)18(6)26(35-30)14-28-21(10-2)17(5)25(34-28)13-27(20)33-24/h12-15,33-34H,9-11H2,1-8H3. The molecule has 6 heteroatoms. The highest BCUT2D eigenvalue weighted by Crippen LogP contribution is 2.36. The second kappa shape index (κ2) is 9.33. The number of hydrogen-bond donors (Lipinski definition) is 2. The zero-order chi connectivity index (χ0) is 26.6. The fraction of sp³-hybridized carbons (Fsp3) is 0.387. The molecule has 0 spiro atoms. The highest BCUT2D eigenvalue weighted by molar-refractivity contribution is 6.25. The van der Waals surface area contributed by atoms with E-state index in [1.807, 2.05) is 13.8 Å². The maximum atomic E-state index is 12.9. The first kappa shape index (κ1) is 25.0. The Bertz CT molecular complexity index is 1630. The van der Waals surface area contributed by atoms with Crippen LogP contribution in [0.15, 0.2) is 18.2 Å². The quantitative estimate of drug-likeness (QED) is 0.390. The van der Waals surface area contributed by atoms with E-state index in [-0.39, 0.29) is 11.9 Å². The molecule has 5 rings (SSSR count). The first-order chi connectivity index (χ1) is 17.7. The lowest BCUT2D eigenvalue weighted by atomic mass is 9.99. The lowest BCUT2D eigenvalue weighted by Crippen LogP contribution is -2.05. The maximum absolute atomic E-state index is 12.9. The molecule has 0 saturated heterocycles. The summed E-state index contributed by atoms with van der Waals surface area (Å²) in [4.78, 5) is 30.3. The summed E-state index contributed by atoms with van der Waals surface area (Å²) in [7, 11) is 1.42. The van der Waals surface area contributed by atoms with Gasteiger partial charge in [-0.25, -0.2) is 9.78 Å². The van der Waals surface area contributed by atoms with Gasteiger partial charge < -0.3 is 14.7 Å². The van der Waals surface area contributed by atoms with Gasteiger partial charge >= 0.3 is 5.97 Å². The van der Waals surface area contributed by atoms with Crippen LogP contribution in [0, 0.1) is 20.8 Å². The van der Waals surface area contributed by atoms with Crippen molar-refractivity contribution in [2.75, 3.05) is 7.11 Å². The van der Waals surface area contributed by atoms with Crippen LogP contribution in [-0.2, 0) is 28.8 Å². The van der Waals surface area contributed by atoms with Gasteiger partial charge in [-0.15, -0.1) is 0 Å². The van der Waals surface area contributed by atoms with Gasteiger partial charge in [-0.05, 0) is 98.5 Å². The van der Waals surface area contributed by atoms with Crippen LogP contribution in [0.3, 0.4) is 0 Å². The lowest BCUT2D eigenvalue weighted by molar-refractivity contribution is -0.133. The number of aromatic nitrogens is 4. The number of aryl methyl sites for hydroxylation is 4. The summed E-state index contributed by atoms with van der Waals surface area (Å²) < 4.78 is 5.18. The molecule has 0 saturated carbocycles. The van der Waals surface area contributed by atoms with Crippen molar-refractivity contribution in [3.8, 4) is 0 Å². The molecule has 0 amide bonds. The maximum Gasteiger partial charge on any atom is 0.340 e. The normalized spacial score (nSPS) is 15.4.